The van der Waals surface area contributed by atoms with Crippen molar-refractivity contribution < 1.29 is 9.53 Å². The van der Waals surface area contributed by atoms with E-state index in [0.717, 1.165) is 21.9 Å². The summed E-state index contributed by atoms with van der Waals surface area (Å²) >= 11 is 5.89. The summed E-state index contributed by atoms with van der Waals surface area (Å²) in [6.07, 6.45) is 4.51. The van der Waals surface area contributed by atoms with Gasteiger partial charge < -0.3 is 4.74 Å². The van der Waals surface area contributed by atoms with Gasteiger partial charge in [0.05, 0.1) is 0 Å². The lowest BCUT2D eigenvalue weighted by Gasteiger charge is -2.05. The van der Waals surface area contributed by atoms with E-state index in [9.17, 15) is 4.79 Å². The maximum Gasteiger partial charge on any atom is 0.307 e. The van der Waals surface area contributed by atoms with Crippen molar-refractivity contribution in [3.05, 3.63) is 77.1 Å². The topological polar surface area (TPSA) is 39.2 Å². The normalized spacial score (nSPS) is 10.1. The van der Waals surface area contributed by atoms with Gasteiger partial charge >= 0.3 is 5.97 Å². The van der Waals surface area contributed by atoms with Crippen LogP contribution in [0.25, 0.3) is 10.8 Å². The van der Waals surface area contributed by atoms with E-state index in [0.29, 0.717) is 17.9 Å². The van der Waals surface area contributed by atoms with Crippen LogP contribution < -0.4 is 0 Å². The number of esters is 1. The summed E-state index contributed by atoms with van der Waals surface area (Å²) in [4.78, 5) is 16.1. The second kappa shape index (κ2) is 8.32. The second-order valence-electron chi connectivity index (χ2n) is 5.49. The van der Waals surface area contributed by atoms with Crippen LogP contribution in [0, 0.1) is 11.8 Å². The Morgan fingerprint density at radius 2 is 2.00 bits per heavy atom. The Hall–Kier alpha value is -2.83. The zero-order valence-electron chi connectivity index (χ0n) is 13.5. The van der Waals surface area contributed by atoms with Crippen molar-refractivity contribution in [2.24, 2.45) is 0 Å². The maximum absolute atomic E-state index is 11.9. The van der Waals surface area contributed by atoms with Gasteiger partial charge in [-0.3, -0.25) is 9.78 Å². The number of nitrogens with zero attached hydrogens (tertiary/aromatic N) is 1. The van der Waals surface area contributed by atoms with Gasteiger partial charge in [0.15, 0.2) is 6.61 Å². The zero-order chi connectivity index (χ0) is 17.5. The number of pyridine rings is 1. The minimum atomic E-state index is -0.270. The van der Waals surface area contributed by atoms with Crippen molar-refractivity contribution in [2.75, 3.05) is 6.61 Å². The van der Waals surface area contributed by atoms with E-state index in [-0.39, 0.29) is 12.6 Å². The fourth-order valence-corrected chi connectivity index (χ4v) is 2.70. The smallest absolute Gasteiger partial charge is 0.307 e. The lowest BCUT2D eigenvalue weighted by molar-refractivity contribution is -0.142. The first kappa shape index (κ1) is 17.0. The molecule has 0 saturated heterocycles. The number of carbonyl (C=O) groups is 1. The van der Waals surface area contributed by atoms with Crippen molar-refractivity contribution in [2.45, 2.75) is 12.8 Å². The number of rotatable bonds is 4. The molecule has 0 atom stereocenters. The van der Waals surface area contributed by atoms with Crippen LogP contribution >= 0.6 is 11.6 Å². The number of fused-ring (bicyclic) bond motifs is 1. The predicted molar refractivity (Wildman–Crippen MR) is 99.4 cm³/mol. The van der Waals surface area contributed by atoms with Crippen LogP contribution in [0.1, 0.15) is 17.5 Å². The molecule has 0 unspecified atom stereocenters. The molecule has 0 saturated carbocycles. The van der Waals surface area contributed by atoms with Crippen molar-refractivity contribution in [3.8, 4) is 11.8 Å². The Morgan fingerprint density at radius 3 is 2.88 bits per heavy atom. The van der Waals surface area contributed by atoms with Gasteiger partial charge in [-0.1, -0.05) is 53.8 Å². The predicted octanol–water partition coefficient (Wildman–Crippen LogP) is 4.42. The summed E-state index contributed by atoms with van der Waals surface area (Å²) in [5.41, 5.74) is 1.84. The van der Waals surface area contributed by atoms with Crippen LogP contribution in [0.3, 0.4) is 0 Å². The molecule has 0 aliphatic heterocycles. The number of ether oxygens (including phenoxy) is 1. The van der Waals surface area contributed by atoms with E-state index in [1.807, 2.05) is 42.6 Å². The highest BCUT2D eigenvalue weighted by atomic mass is 35.5. The zero-order valence-corrected chi connectivity index (χ0v) is 14.3. The summed E-state index contributed by atoms with van der Waals surface area (Å²) in [5.74, 6) is 5.47. The molecule has 0 spiro atoms. The molecule has 4 heteroatoms. The quantitative estimate of drug-likeness (QED) is 0.517. The lowest BCUT2D eigenvalue weighted by atomic mass is 10.0. The first-order valence-electron chi connectivity index (χ1n) is 7.94. The summed E-state index contributed by atoms with van der Waals surface area (Å²) in [6, 6.07) is 15.2. The molecule has 2 aromatic carbocycles. The largest absolute Gasteiger partial charge is 0.452 e. The molecule has 25 heavy (non-hydrogen) atoms. The number of halogens is 1. The summed E-state index contributed by atoms with van der Waals surface area (Å²) in [6.45, 7) is 0.0686. The average Bonchev–Trinajstić information content (AvgIpc) is 2.63. The number of benzene rings is 2. The number of carbonyl (C=O) groups excluding carboxylic acids is 1. The highest BCUT2D eigenvalue weighted by Gasteiger charge is 2.06. The van der Waals surface area contributed by atoms with Gasteiger partial charge in [-0.05, 0) is 35.6 Å². The number of hydrogen-bond donors (Lipinski definition) is 0. The second-order valence-corrected chi connectivity index (χ2v) is 5.93. The Morgan fingerprint density at radius 1 is 1.12 bits per heavy atom. The molecule has 0 N–H and O–H groups in total. The highest BCUT2D eigenvalue weighted by molar-refractivity contribution is 6.30. The van der Waals surface area contributed by atoms with Crippen LogP contribution in [-0.2, 0) is 16.0 Å². The van der Waals surface area contributed by atoms with Crippen LogP contribution in [-0.4, -0.2) is 17.6 Å². The van der Waals surface area contributed by atoms with Gasteiger partial charge in [0.1, 0.15) is 0 Å². The standard InChI is InChI=1S/C21H16ClNO2/c22-19-8-3-5-16(13-19)6-4-12-25-21(24)11-10-18-15-23-14-17-7-1-2-9-20(17)18/h1-3,5,7-9,13-15H,10-12H2. The third-order valence-electron chi connectivity index (χ3n) is 3.71. The Labute approximate surface area is 151 Å². The Bertz CT molecular complexity index is 951. The van der Waals surface area contributed by atoms with Crippen LogP contribution in [0.5, 0.6) is 0 Å². The molecular formula is C21H16ClNO2. The molecule has 0 bridgehead atoms. The minimum absolute atomic E-state index is 0.0686. The summed E-state index contributed by atoms with van der Waals surface area (Å²) in [7, 11) is 0. The molecular weight excluding hydrogens is 334 g/mol. The average molecular weight is 350 g/mol. The number of aromatic nitrogens is 1. The van der Waals surface area contributed by atoms with Gasteiger partial charge in [0.2, 0.25) is 0 Å². The van der Waals surface area contributed by atoms with Crippen molar-refractivity contribution in [3.63, 3.8) is 0 Å². The van der Waals surface area contributed by atoms with Crippen molar-refractivity contribution in [1.82, 2.24) is 4.98 Å². The molecule has 0 aliphatic rings. The Balaban J connectivity index is 1.52. The molecule has 0 radical (unpaired) electrons. The van der Waals surface area contributed by atoms with Crippen LogP contribution in [0.2, 0.25) is 5.02 Å². The van der Waals surface area contributed by atoms with E-state index in [2.05, 4.69) is 16.8 Å². The van der Waals surface area contributed by atoms with Gasteiger partial charge in [0, 0.05) is 34.8 Å². The van der Waals surface area contributed by atoms with E-state index in [4.69, 9.17) is 16.3 Å². The highest BCUT2D eigenvalue weighted by Crippen LogP contribution is 2.18. The maximum atomic E-state index is 11.9. The van der Waals surface area contributed by atoms with Crippen LogP contribution in [0.4, 0.5) is 0 Å². The van der Waals surface area contributed by atoms with Gasteiger partial charge in [0.25, 0.3) is 0 Å². The molecule has 3 rings (SSSR count). The third kappa shape index (κ3) is 4.82. The van der Waals surface area contributed by atoms with E-state index in [1.165, 1.54) is 0 Å². The molecule has 1 aromatic heterocycles. The summed E-state index contributed by atoms with van der Waals surface area (Å²) in [5, 5.41) is 2.82. The molecule has 3 nitrogen and oxygen atoms in total. The van der Waals surface area contributed by atoms with E-state index < -0.39 is 0 Å². The monoisotopic (exact) mass is 349 g/mol. The first-order valence-corrected chi connectivity index (χ1v) is 8.32. The molecule has 0 fully saturated rings. The molecule has 0 aliphatic carbocycles. The summed E-state index contributed by atoms with van der Waals surface area (Å²) < 4.78 is 5.16. The van der Waals surface area contributed by atoms with Crippen LogP contribution in [0.15, 0.2) is 60.9 Å². The lowest BCUT2D eigenvalue weighted by Crippen LogP contribution is -2.06. The van der Waals surface area contributed by atoms with Gasteiger partial charge in [-0.2, -0.15) is 0 Å². The number of aryl methyl sites for hydroxylation is 1. The van der Waals surface area contributed by atoms with E-state index >= 15 is 0 Å². The molecule has 1 heterocycles. The first-order chi connectivity index (χ1) is 12.2. The molecule has 3 aromatic rings. The fraction of sp³-hybridized carbons (Fsp3) is 0.143. The van der Waals surface area contributed by atoms with E-state index in [1.54, 1.807) is 18.3 Å². The molecule has 124 valence electrons. The minimum Gasteiger partial charge on any atom is -0.452 e. The SMILES string of the molecule is O=C(CCc1cncc2ccccc12)OCC#Cc1cccc(Cl)c1. The number of hydrogen-bond acceptors (Lipinski definition) is 3. The third-order valence-corrected chi connectivity index (χ3v) is 3.95. The Kier molecular flexibility index (Phi) is 5.66. The van der Waals surface area contributed by atoms with Gasteiger partial charge in [-0.25, -0.2) is 0 Å². The molecule has 0 amide bonds. The fourth-order valence-electron chi connectivity index (χ4n) is 2.51. The van der Waals surface area contributed by atoms with Gasteiger partial charge in [-0.15, -0.1) is 0 Å². The van der Waals surface area contributed by atoms with Crippen molar-refractivity contribution in [1.29, 1.82) is 0 Å². The van der Waals surface area contributed by atoms with Crippen molar-refractivity contribution >= 4 is 28.3 Å².